The Labute approximate surface area is 137 Å². The molecule has 0 aliphatic carbocycles. The molecule has 8 heteroatoms. The van der Waals surface area contributed by atoms with E-state index < -0.39 is 10.0 Å². The molecule has 2 aliphatic heterocycles. The van der Waals surface area contributed by atoms with E-state index in [1.54, 1.807) is 6.07 Å². The highest BCUT2D eigenvalue weighted by molar-refractivity contribution is 7.88. The van der Waals surface area contributed by atoms with Crippen LogP contribution in [0.3, 0.4) is 0 Å². The number of hydrogen-bond acceptors (Lipinski definition) is 6. The van der Waals surface area contributed by atoms with Crippen molar-refractivity contribution in [1.29, 1.82) is 0 Å². The Balaban J connectivity index is 1.71. The summed E-state index contributed by atoms with van der Waals surface area (Å²) in [7, 11) is -0.541. The summed E-state index contributed by atoms with van der Waals surface area (Å²) in [6.07, 6.45) is 3.11. The van der Waals surface area contributed by atoms with Crippen LogP contribution in [0.5, 0.6) is 0 Å². The second-order valence-electron chi connectivity index (χ2n) is 6.15. The van der Waals surface area contributed by atoms with Crippen molar-refractivity contribution in [3.8, 4) is 0 Å². The molecular formula is C15H24N2O5S. The van der Waals surface area contributed by atoms with Gasteiger partial charge in [-0.2, -0.15) is 0 Å². The molecule has 0 saturated carbocycles. The minimum absolute atomic E-state index is 0.0144. The van der Waals surface area contributed by atoms with E-state index in [4.69, 9.17) is 13.9 Å². The van der Waals surface area contributed by atoms with Crippen molar-refractivity contribution >= 4 is 10.0 Å². The summed E-state index contributed by atoms with van der Waals surface area (Å²) in [6.45, 7) is 2.78. The molecule has 0 aromatic carbocycles. The van der Waals surface area contributed by atoms with E-state index >= 15 is 0 Å². The van der Waals surface area contributed by atoms with E-state index in [9.17, 15) is 8.42 Å². The fourth-order valence-electron chi connectivity index (χ4n) is 3.08. The smallest absolute Gasteiger partial charge is 0.275 e. The first-order chi connectivity index (χ1) is 11.0. The molecule has 0 N–H and O–H groups in total. The normalized spacial score (nSPS) is 24.6. The van der Waals surface area contributed by atoms with Gasteiger partial charge < -0.3 is 13.9 Å². The second kappa shape index (κ2) is 6.90. The standard InChI is InChI=1S/C15H24N2O5S/c1-16(2)23(18,19)14-7-6-12(22-14)11-17-8-4-3-5-13(17)15-20-9-10-21-15/h6-7,13,15H,3-5,8-11H2,1-2H3. The Morgan fingerprint density at radius 2 is 1.96 bits per heavy atom. The lowest BCUT2D eigenvalue weighted by atomic mass is 10.0. The summed E-state index contributed by atoms with van der Waals surface area (Å²) in [5.41, 5.74) is 0. The maximum Gasteiger partial charge on any atom is 0.275 e. The zero-order chi connectivity index (χ0) is 16.4. The predicted molar refractivity (Wildman–Crippen MR) is 83.3 cm³/mol. The fraction of sp³-hybridized carbons (Fsp3) is 0.733. The molecule has 2 saturated heterocycles. The molecule has 1 atom stereocenters. The van der Waals surface area contributed by atoms with Gasteiger partial charge >= 0.3 is 0 Å². The van der Waals surface area contributed by atoms with Crippen molar-refractivity contribution in [3.63, 3.8) is 0 Å². The van der Waals surface area contributed by atoms with Crippen molar-refractivity contribution in [1.82, 2.24) is 9.21 Å². The molecule has 1 aromatic heterocycles. The zero-order valence-corrected chi connectivity index (χ0v) is 14.4. The van der Waals surface area contributed by atoms with Crippen molar-refractivity contribution in [2.24, 2.45) is 0 Å². The van der Waals surface area contributed by atoms with Gasteiger partial charge in [-0.15, -0.1) is 0 Å². The highest BCUT2D eigenvalue weighted by atomic mass is 32.2. The van der Waals surface area contributed by atoms with Crippen LogP contribution < -0.4 is 0 Å². The van der Waals surface area contributed by atoms with Crippen LogP contribution >= 0.6 is 0 Å². The summed E-state index contributed by atoms with van der Waals surface area (Å²) >= 11 is 0. The topological polar surface area (TPSA) is 72.2 Å². The maximum atomic E-state index is 12.1. The predicted octanol–water partition coefficient (Wildman–Crippen LogP) is 1.26. The monoisotopic (exact) mass is 344 g/mol. The number of rotatable bonds is 5. The number of nitrogens with zero attached hydrogens (tertiary/aromatic N) is 2. The summed E-state index contributed by atoms with van der Waals surface area (Å²) in [5.74, 6) is 0.648. The van der Waals surface area contributed by atoms with Gasteiger partial charge in [-0.05, 0) is 31.5 Å². The molecule has 23 heavy (non-hydrogen) atoms. The SMILES string of the molecule is CN(C)S(=O)(=O)c1ccc(CN2CCCCC2C2OCCO2)o1. The number of piperidine rings is 1. The van der Waals surface area contributed by atoms with E-state index in [1.807, 2.05) is 0 Å². The average molecular weight is 344 g/mol. The third-order valence-electron chi connectivity index (χ3n) is 4.36. The van der Waals surface area contributed by atoms with Gasteiger partial charge in [0.1, 0.15) is 5.76 Å². The van der Waals surface area contributed by atoms with Gasteiger partial charge in [0.05, 0.1) is 25.8 Å². The molecule has 0 bridgehead atoms. The maximum absolute atomic E-state index is 12.1. The average Bonchev–Trinajstić information content (AvgIpc) is 3.19. The lowest BCUT2D eigenvalue weighted by Gasteiger charge is -2.37. The van der Waals surface area contributed by atoms with Gasteiger partial charge in [-0.25, -0.2) is 12.7 Å². The molecule has 0 radical (unpaired) electrons. The Morgan fingerprint density at radius 3 is 2.65 bits per heavy atom. The van der Waals surface area contributed by atoms with Crippen LogP contribution in [0.1, 0.15) is 25.0 Å². The van der Waals surface area contributed by atoms with Gasteiger partial charge in [0.15, 0.2) is 6.29 Å². The van der Waals surface area contributed by atoms with Gasteiger partial charge in [-0.3, -0.25) is 4.90 Å². The summed E-state index contributed by atoms with van der Waals surface area (Å²) in [6, 6.07) is 3.45. The largest absolute Gasteiger partial charge is 0.447 e. The van der Waals surface area contributed by atoms with Gasteiger partial charge in [0.2, 0.25) is 5.09 Å². The Hall–Kier alpha value is -0.930. The quantitative estimate of drug-likeness (QED) is 0.801. The first kappa shape index (κ1) is 16.9. The van der Waals surface area contributed by atoms with E-state index in [2.05, 4.69) is 4.90 Å². The Bertz CT molecular complexity index is 622. The first-order valence-electron chi connectivity index (χ1n) is 7.97. The number of ether oxygens (including phenoxy) is 2. The number of likely N-dealkylation sites (tertiary alicyclic amines) is 1. The van der Waals surface area contributed by atoms with E-state index in [-0.39, 0.29) is 17.4 Å². The third kappa shape index (κ3) is 3.61. The summed E-state index contributed by atoms with van der Waals surface area (Å²) in [5, 5.41) is -0.0144. The fourth-order valence-corrected chi connectivity index (χ4v) is 3.89. The van der Waals surface area contributed by atoms with Crippen LogP contribution in [0.2, 0.25) is 0 Å². The minimum Gasteiger partial charge on any atom is -0.447 e. The Morgan fingerprint density at radius 1 is 1.22 bits per heavy atom. The highest BCUT2D eigenvalue weighted by Crippen LogP contribution is 2.27. The minimum atomic E-state index is -3.53. The van der Waals surface area contributed by atoms with Crippen LogP contribution in [0, 0.1) is 0 Å². The molecule has 7 nitrogen and oxygen atoms in total. The van der Waals surface area contributed by atoms with Crippen molar-refractivity contribution in [2.45, 2.75) is 43.2 Å². The molecule has 130 valence electrons. The van der Waals surface area contributed by atoms with Crippen LogP contribution in [0.15, 0.2) is 21.6 Å². The molecule has 1 unspecified atom stereocenters. The zero-order valence-electron chi connectivity index (χ0n) is 13.6. The Kier molecular flexibility index (Phi) is 5.07. The van der Waals surface area contributed by atoms with Crippen LogP contribution in [-0.4, -0.2) is 63.8 Å². The third-order valence-corrected chi connectivity index (χ3v) is 6.05. The first-order valence-corrected chi connectivity index (χ1v) is 9.41. The van der Waals surface area contributed by atoms with E-state index in [1.165, 1.54) is 20.2 Å². The molecular weight excluding hydrogens is 320 g/mol. The molecule has 3 rings (SSSR count). The van der Waals surface area contributed by atoms with Crippen LogP contribution in [0.4, 0.5) is 0 Å². The van der Waals surface area contributed by atoms with E-state index in [0.717, 1.165) is 30.1 Å². The molecule has 0 spiro atoms. The van der Waals surface area contributed by atoms with Crippen LogP contribution in [0.25, 0.3) is 0 Å². The number of hydrogen-bond donors (Lipinski definition) is 0. The highest BCUT2D eigenvalue weighted by Gasteiger charge is 2.34. The number of furan rings is 1. The second-order valence-corrected chi connectivity index (χ2v) is 8.23. The molecule has 2 fully saturated rings. The lowest BCUT2D eigenvalue weighted by Crippen LogP contribution is -2.46. The van der Waals surface area contributed by atoms with Crippen molar-refractivity contribution in [3.05, 3.63) is 17.9 Å². The van der Waals surface area contributed by atoms with Gasteiger partial charge in [0, 0.05) is 14.1 Å². The summed E-state index contributed by atoms with van der Waals surface area (Å²) in [4.78, 5) is 2.27. The van der Waals surface area contributed by atoms with Crippen LogP contribution in [-0.2, 0) is 26.0 Å². The van der Waals surface area contributed by atoms with Crippen molar-refractivity contribution in [2.75, 3.05) is 33.9 Å². The molecule has 0 amide bonds. The number of sulfonamides is 1. The van der Waals surface area contributed by atoms with Crippen molar-refractivity contribution < 1.29 is 22.3 Å². The molecule has 3 heterocycles. The molecule has 2 aliphatic rings. The van der Waals surface area contributed by atoms with Gasteiger partial charge in [0.25, 0.3) is 10.0 Å². The molecule has 1 aromatic rings. The van der Waals surface area contributed by atoms with Gasteiger partial charge in [-0.1, -0.05) is 6.42 Å². The summed E-state index contributed by atoms with van der Waals surface area (Å²) < 4.78 is 42.2. The lowest BCUT2D eigenvalue weighted by molar-refractivity contribution is -0.112. The van der Waals surface area contributed by atoms with E-state index in [0.29, 0.717) is 25.5 Å².